The summed E-state index contributed by atoms with van der Waals surface area (Å²) < 4.78 is 9.67. The molecule has 16 aromatic rings. The molecule has 0 atom stereocenters. The normalized spacial score (nSPS) is 11.9. The van der Waals surface area contributed by atoms with Crippen molar-refractivity contribution >= 4 is 107 Å². The van der Waals surface area contributed by atoms with Crippen molar-refractivity contribution in [3.63, 3.8) is 0 Å². The quantitative estimate of drug-likeness (QED) is 0.160. The summed E-state index contributed by atoms with van der Waals surface area (Å²) in [6, 6.07) is 84.0. The highest BCUT2D eigenvalue weighted by Gasteiger charge is 2.32. The summed E-state index contributed by atoms with van der Waals surface area (Å²) in [7, 11) is 0. The van der Waals surface area contributed by atoms with E-state index in [-0.39, 0.29) is 0 Å². The number of hydrogen-bond donors (Lipinski definition) is 0. The van der Waals surface area contributed by atoms with Crippen LogP contribution in [-0.2, 0) is 0 Å². The second-order valence-corrected chi connectivity index (χ2v) is 25.1. The average Bonchev–Trinajstić information content (AvgIpc) is 1.26. The lowest BCUT2D eigenvalue weighted by atomic mass is 9.74. The van der Waals surface area contributed by atoms with E-state index in [1.54, 1.807) is 0 Å². The molecule has 0 saturated carbocycles. The molecule has 0 aliphatic heterocycles. The third-order valence-corrected chi connectivity index (χ3v) is 19.6. The topological polar surface area (TPSA) is 46.5 Å². The fraction of sp³-hybridized carbons (Fsp3) is 0.0769. The highest BCUT2D eigenvalue weighted by atomic mass is 32.1. The minimum absolute atomic E-state index is 0.611. The molecule has 4 nitrogen and oxygen atoms in total. The first kappa shape index (κ1) is 49.9. The first-order valence-corrected chi connectivity index (χ1v) is 30.4. The Bertz CT molecular complexity index is 5360. The number of rotatable bonds is 7. The van der Waals surface area contributed by atoms with Crippen molar-refractivity contribution in [2.24, 2.45) is 0 Å². The van der Waals surface area contributed by atoms with E-state index in [0.29, 0.717) is 5.56 Å². The molecular weight excluding hydrogens is 1060 g/mol. The van der Waals surface area contributed by atoms with Crippen LogP contribution in [0.15, 0.2) is 218 Å². The van der Waals surface area contributed by atoms with Gasteiger partial charge in [0, 0.05) is 101 Å². The fourth-order valence-corrected chi connectivity index (χ4v) is 16.1. The zero-order valence-corrected chi connectivity index (χ0v) is 49.0. The molecule has 0 saturated heterocycles. The molecule has 84 heavy (non-hydrogen) atoms. The third kappa shape index (κ3) is 7.66. The molecule has 0 spiro atoms. The molecule has 6 heteroatoms. The van der Waals surface area contributed by atoms with E-state index >= 15 is 0 Å². The van der Waals surface area contributed by atoms with E-state index in [9.17, 15) is 5.26 Å². The number of nitrogens with zero attached hydrogens (tertiary/aromatic N) is 4. The molecule has 0 unspecified atom stereocenters. The van der Waals surface area contributed by atoms with Gasteiger partial charge in [0.2, 0.25) is 0 Å². The Kier molecular flexibility index (Phi) is 11.3. The molecule has 0 bridgehead atoms. The molecule has 0 fully saturated rings. The molecule has 11 aromatic carbocycles. The minimum Gasteiger partial charge on any atom is -0.309 e. The van der Waals surface area contributed by atoms with Crippen LogP contribution in [0.1, 0.15) is 39.2 Å². The van der Waals surface area contributed by atoms with E-state index in [4.69, 9.17) is 4.98 Å². The number of aryl methyl sites for hydroxylation is 6. The molecule has 0 aliphatic rings. The Morgan fingerprint density at radius 2 is 0.702 bits per heavy atom. The van der Waals surface area contributed by atoms with E-state index < -0.39 is 0 Å². The van der Waals surface area contributed by atoms with Gasteiger partial charge >= 0.3 is 0 Å². The summed E-state index contributed by atoms with van der Waals surface area (Å²) in [5, 5.41) is 22.3. The smallest absolute Gasteiger partial charge is 0.100 e. The lowest BCUT2D eigenvalue weighted by molar-refractivity contribution is 1.12. The maximum atomic E-state index is 12.5. The highest BCUT2D eigenvalue weighted by molar-refractivity contribution is 7.26. The maximum absolute atomic E-state index is 12.5. The number of fused-ring (bicyclic) bond motifs is 12. The van der Waals surface area contributed by atoms with Crippen molar-refractivity contribution < 1.29 is 0 Å². The molecule has 0 radical (unpaired) electrons. The van der Waals surface area contributed by atoms with Crippen molar-refractivity contribution in [2.75, 3.05) is 0 Å². The zero-order valence-electron chi connectivity index (χ0n) is 47.4. The summed E-state index contributed by atoms with van der Waals surface area (Å²) in [4.78, 5) is 4.97. The van der Waals surface area contributed by atoms with Gasteiger partial charge in [-0.2, -0.15) is 5.26 Å². The van der Waals surface area contributed by atoms with Gasteiger partial charge in [0.25, 0.3) is 0 Å². The van der Waals surface area contributed by atoms with Crippen LogP contribution in [0.3, 0.4) is 0 Å². The van der Waals surface area contributed by atoms with Gasteiger partial charge in [-0.15, -0.1) is 22.7 Å². The van der Waals surface area contributed by atoms with Gasteiger partial charge in [-0.1, -0.05) is 131 Å². The van der Waals surface area contributed by atoms with E-state index in [0.717, 1.165) is 100 Å². The minimum atomic E-state index is 0.611. The van der Waals surface area contributed by atoms with Gasteiger partial charge in [0.1, 0.15) is 6.07 Å². The summed E-state index contributed by atoms with van der Waals surface area (Å²) in [6.07, 6.45) is 0. The lowest BCUT2D eigenvalue weighted by Gasteiger charge is -2.27. The van der Waals surface area contributed by atoms with E-state index in [1.165, 1.54) is 84.1 Å². The number of nitriles is 1. The van der Waals surface area contributed by atoms with Crippen molar-refractivity contribution in [1.29, 1.82) is 5.26 Å². The fourth-order valence-electron chi connectivity index (χ4n) is 13.8. The van der Waals surface area contributed by atoms with Crippen molar-refractivity contribution in [2.45, 2.75) is 41.5 Å². The molecule has 5 heterocycles. The average molecular weight is 1110 g/mol. The highest BCUT2D eigenvalue weighted by Crippen LogP contribution is 2.57. The SMILES string of the molecule is Cc1ccc2c(c1)c1cc(C)ccc1n2-c1ccc(-c2c(C#N)c(-c3cc(C)nc(C)c3)c(-c3ccc(-n4c5ccc(C)cc5c5cc(C)ccc54)cc3)c(-c3cccc4sc5ccccc5c34)c2-c2cccc3sc4ccccc4c23)cc1. The van der Waals surface area contributed by atoms with Gasteiger partial charge in [-0.25, -0.2) is 0 Å². The molecule has 0 amide bonds. The number of thiophene rings is 2. The molecule has 16 rings (SSSR count). The Morgan fingerprint density at radius 1 is 0.333 bits per heavy atom. The third-order valence-electron chi connectivity index (χ3n) is 17.3. The largest absolute Gasteiger partial charge is 0.309 e. The van der Waals surface area contributed by atoms with Gasteiger partial charge in [0.05, 0.1) is 27.6 Å². The Labute approximate surface area is 495 Å². The van der Waals surface area contributed by atoms with Gasteiger partial charge < -0.3 is 9.13 Å². The standard InChI is InChI=1S/C78H54N4S2/c1-44-21-33-64-59(37-44)60-38-45(2)22-34-65(60)81(64)53-29-25-50(26-30-53)72-63(43-79)73(52-41-48(5)80-49(6)42-52)74(51-27-31-54(32-28-51)82-66-35-23-46(3)39-61(66)62-40-47(4)24-36-67(62)82)78(58-16-12-20-71-76(58)56-14-8-10-18-69(56)84-71)77(72)57-15-11-19-70-75(57)55-13-7-9-17-68(55)83-70/h7-42H,1-6H3. The van der Waals surface area contributed by atoms with Crippen LogP contribution in [0.4, 0.5) is 0 Å². The predicted octanol–water partition coefficient (Wildman–Crippen LogP) is 22.1. The summed E-state index contributed by atoms with van der Waals surface area (Å²) in [5.74, 6) is 0. The molecular formula is C78H54N4S2. The van der Waals surface area contributed by atoms with Crippen LogP contribution in [0.5, 0.6) is 0 Å². The Hall–Kier alpha value is -9.90. The first-order chi connectivity index (χ1) is 41.1. The molecule has 0 N–H and O–H groups in total. The summed E-state index contributed by atoms with van der Waals surface area (Å²) >= 11 is 3.66. The Balaban J connectivity index is 1.07. The van der Waals surface area contributed by atoms with Crippen LogP contribution < -0.4 is 0 Å². The van der Waals surface area contributed by atoms with Crippen LogP contribution in [0.2, 0.25) is 0 Å². The van der Waals surface area contributed by atoms with E-state index in [2.05, 4.69) is 275 Å². The molecule has 0 aliphatic carbocycles. The lowest BCUT2D eigenvalue weighted by Crippen LogP contribution is -2.04. The number of aromatic nitrogens is 3. The van der Waals surface area contributed by atoms with Crippen LogP contribution in [0, 0.1) is 52.9 Å². The van der Waals surface area contributed by atoms with Gasteiger partial charge in [0.15, 0.2) is 0 Å². The summed E-state index contributed by atoms with van der Waals surface area (Å²) in [5.41, 5.74) is 24.1. The second-order valence-electron chi connectivity index (χ2n) is 22.9. The van der Waals surface area contributed by atoms with Crippen molar-refractivity contribution in [3.8, 4) is 73.1 Å². The van der Waals surface area contributed by atoms with Crippen molar-refractivity contribution in [3.05, 3.63) is 258 Å². The van der Waals surface area contributed by atoms with Crippen LogP contribution >= 0.6 is 22.7 Å². The number of hydrogen-bond acceptors (Lipinski definition) is 4. The second kappa shape index (κ2) is 19.1. The number of benzene rings is 11. The maximum Gasteiger partial charge on any atom is 0.100 e. The Morgan fingerprint density at radius 3 is 1.12 bits per heavy atom. The van der Waals surface area contributed by atoms with Crippen LogP contribution in [0.25, 0.3) is 151 Å². The summed E-state index contributed by atoms with van der Waals surface area (Å²) in [6.45, 7) is 12.8. The van der Waals surface area contributed by atoms with E-state index in [1.807, 2.05) is 22.7 Å². The zero-order chi connectivity index (χ0) is 56.6. The van der Waals surface area contributed by atoms with Crippen molar-refractivity contribution in [1.82, 2.24) is 14.1 Å². The van der Waals surface area contributed by atoms with Gasteiger partial charge in [-0.05, 0) is 190 Å². The number of pyridine rings is 1. The predicted molar refractivity (Wildman–Crippen MR) is 359 cm³/mol. The monoisotopic (exact) mass is 1110 g/mol. The van der Waals surface area contributed by atoms with Crippen LogP contribution in [-0.4, -0.2) is 14.1 Å². The van der Waals surface area contributed by atoms with Gasteiger partial charge in [-0.3, -0.25) is 4.98 Å². The first-order valence-electron chi connectivity index (χ1n) is 28.7. The molecule has 5 aromatic heterocycles. The molecule has 398 valence electrons.